The van der Waals surface area contributed by atoms with Crippen molar-refractivity contribution in [2.24, 2.45) is 0 Å². The van der Waals surface area contributed by atoms with Crippen LogP contribution in [0.2, 0.25) is 0 Å². The van der Waals surface area contributed by atoms with Crippen molar-refractivity contribution < 1.29 is 13.7 Å². The van der Waals surface area contributed by atoms with Crippen LogP contribution in [0.3, 0.4) is 0 Å². The number of aromatic nitrogens is 1. The van der Waals surface area contributed by atoms with Crippen molar-refractivity contribution in [1.29, 1.82) is 0 Å². The third-order valence-electron chi connectivity index (χ3n) is 4.00. The van der Waals surface area contributed by atoms with Crippen LogP contribution in [-0.2, 0) is 6.42 Å². The van der Waals surface area contributed by atoms with Gasteiger partial charge in [0.15, 0.2) is 0 Å². The van der Waals surface area contributed by atoms with Gasteiger partial charge in [-0.15, -0.1) is 0 Å². The van der Waals surface area contributed by atoms with Crippen LogP contribution in [0.25, 0.3) is 0 Å². The van der Waals surface area contributed by atoms with Crippen LogP contribution in [0.5, 0.6) is 0 Å². The summed E-state index contributed by atoms with van der Waals surface area (Å²) in [7, 11) is 0. The Kier molecular flexibility index (Phi) is 4.22. The van der Waals surface area contributed by atoms with Crippen LogP contribution < -0.4 is 0 Å². The first kappa shape index (κ1) is 14.8. The summed E-state index contributed by atoms with van der Waals surface area (Å²) in [6, 6.07) is 7.68. The predicted octanol–water partition coefficient (Wildman–Crippen LogP) is 3.74. The first-order chi connectivity index (χ1) is 10.7. The lowest BCUT2D eigenvalue weighted by atomic mass is 10.1. The van der Waals surface area contributed by atoms with Crippen molar-refractivity contribution in [1.82, 2.24) is 10.1 Å². The molecule has 0 bridgehead atoms. The minimum atomic E-state index is -0.395. The fourth-order valence-electron chi connectivity index (χ4n) is 2.95. The highest BCUT2D eigenvalue weighted by atomic mass is 19.1. The van der Waals surface area contributed by atoms with E-state index >= 15 is 0 Å². The zero-order chi connectivity index (χ0) is 15.5. The van der Waals surface area contributed by atoms with Gasteiger partial charge in [0.2, 0.25) is 0 Å². The number of rotatable bonds is 4. The number of aryl methyl sites for hydroxylation is 1. The number of amides is 1. The maximum atomic E-state index is 13.3. The van der Waals surface area contributed by atoms with Gasteiger partial charge in [0.1, 0.15) is 17.3 Å². The van der Waals surface area contributed by atoms with E-state index in [1.165, 1.54) is 12.1 Å². The Balaban J connectivity index is 1.81. The van der Waals surface area contributed by atoms with Crippen LogP contribution in [-0.4, -0.2) is 22.5 Å². The molecule has 116 valence electrons. The van der Waals surface area contributed by atoms with Crippen molar-refractivity contribution in [3.8, 4) is 0 Å². The molecule has 1 aromatic carbocycles. The number of hydrogen-bond acceptors (Lipinski definition) is 3. The Hall–Kier alpha value is -2.17. The topological polar surface area (TPSA) is 46.3 Å². The van der Waals surface area contributed by atoms with Gasteiger partial charge in [0.25, 0.3) is 5.91 Å². The van der Waals surface area contributed by atoms with Gasteiger partial charge in [-0.25, -0.2) is 4.39 Å². The lowest BCUT2D eigenvalue weighted by Gasteiger charge is -2.23. The van der Waals surface area contributed by atoms with Gasteiger partial charge in [0, 0.05) is 24.6 Å². The number of carbonyl (C=O) groups excluding carboxylic acids is 1. The summed E-state index contributed by atoms with van der Waals surface area (Å²) >= 11 is 0. The average Bonchev–Trinajstić information content (AvgIpc) is 3.15. The highest BCUT2D eigenvalue weighted by Gasteiger charge is 2.32. The van der Waals surface area contributed by atoms with E-state index < -0.39 is 5.82 Å². The molecule has 0 spiro atoms. The summed E-state index contributed by atoms with van der Waals surface area (Å²) < 4.78 is 18.6. The molecule has 0 aliphatic carbocycles. The van der Waals surface area contributed by atoms with Crippen molar-refractivity contribution in [3.05, 3.63) is 53.2 Å². The van der Waals surface area contributed by atoms with E-state index in [1.54, 1.807) is 17.0 Å². The first-order valence-corrected chi connectivity index (χ1v) is 7.71. The largest absolute Gasteiger partial charge is 0.361 e. The second-order valence-corrected chi connectivity index (χ2v) is 5.64. The van der Waals surface area contributed by atoms with E-state index in [9.17, 15) is 9.18 Å². The van der Waals surface area contributed by atoms with Crippen molar-refractivity contribution in [2.75, 3.05) is 6.54 Å². The molecule has 0 saturated carbocycles. The molecule has 1 aliphatic rings. The average molecular weight is 302 g/mol. The summed E-state index contributed by atoms with van der Waals surface area (Å²) in [6.07, 6.45) is 3.61. The van der Waals surface area contributed by atoms with Gasteiger partial charge < -0.3 is 9.42 Å². The summed E-state index contributed by atoms with van der Waals surface area (Å²) in [5.41, 5.74) is 1.18. The Labute approximate surface area is 128 Å². The third-order valence-corrected chi connectivity index (χ3v) is 4.00. The molecule has 1 aromatic heterocycles. The molecule has 4 nitrogen and oxygen atoms in total. The zero-order valence-corrected chi connectivity index (χ0v) is 12.6. The lowest BCUT2D eigenvalue weighted by Crippen LogP contribution is -2.30. The number of hydrogen-bond donors (Lipinski definition) is 0. The zero-order valence-electron chi connectivity index (χ0n) is 12.6. The number of benzene rings is 1. The SMILES string of the molecule is CCCc1cc(C2CCCN2C(=O)c2cccc(F)c2)no1. The fraction of sp³-hybridized carbons (Fsp3) is 0.412. The number of likely N-dealkylation sites (tertiary alicyclic amines) is 1. The quantitative estimate of drug-likeness (QED) is 0.864. The van der Waals surface area contributed by atoms with Crippen LogP contribution in [0.1, 0.15) is 54.0 Å². The highest BCUT2D eigenvalue weighted by molar-refractivity contribution is 5.94. The fourth-order valence-corrected chi connectivity index (χ4v) is 2.95. The molecule has 2 aromatic rings. The van der Waals surface area contributed by atoms with E-state index in [4.69, 9.17) is 4.52 Å². The molecule has 5 heteroatoms. The molecule has 0 N–H and O–H groups in total. The Bertz CT molecular complexity index is 668. The Morgan fingerprint density at radius 3 is 3.09 bits per heavy atom. The monoisotopic (exact) mass is 302 g/mol. The third kappa shape index (κ3) is 2.89. The summed E-state index contributed by atoms with van der Waals surface area (Å²) in [6.45, 7) is 2.74. The molecule has 1 unspecified atom stereocenters. The lowest BCUT2D eigenvalue weighted by molar-refractivity contribution is 0.0730. The molecule has 1 atom stereocenters. The summed E-state index contributed by atoms with van der Waals surface area (Å²) in [5, 5.41) is 4.12. The van der Waals surface area contributed by atoms with Gasteiger partial charge in [-0.2, -0.15) is 0 Å². The van der Waals surface area contributed by atoms with Crippen LogP contribution in [0.4, 0.5) is 4.39 Å². The van der Waals surface area contributed by atoms with Crippen molar-refractivity contribution in [2.45, 2.75) is 38.6 Å². The molecule has 1 saturated heterocycles. The number of nitrogens with zero attached hydrogens (tertiary/aromatic N) is 2. The molecular formula is C17H19FN2O2. The maximum Gasteiger partial charge on any atom is 0.254 e. The second-order valence-electron chi connectivity index (χ2n) is 5.64. The molecule has 3 rings (SSSR count). The molecule has 22 heavy (non-hydrogen) atoms. The molecule has 1 fully saturated rings. The maximum absolute atomic E-state index is 13.3. The molecule has 1 amide bonds. The highest BCUT2D eigenvalue weighted by Crippen LogP contribution is 2.33. The van der Waals surface area contributed by atoms with E-state index in [0.717, 1.165) is 37.1 Å². The predicted molar refractivity (Wildman–Crippen MR) is 79.9 cm³/mol. The van der Waals surface area contributed by atoms with Gasteiger partial charge in [-0.3, -0.25) is 4.79 Å². The minimum Gasteiger partial charge on any atom is -0.361 e. The first-order valence-electron chi connectivity index (χ1n) is 7.71. The van der Waals surface area contributed by atoms with Gasteiger partial charge in [-0.05, 0) is 37.5 Å². The molecule has 1 aliphatic heterocycles. The van der Waals surface area contributed by atoms with Crippen molar-refractivity contribution in [3.63, 3.8) is 0 Å². The normalized spacial score (nSPS) is 17.9. The molecule has 2 heterocycles. The number of carbonyl (C=O) groups is 1. The standard InChI is InChI=1S/C17H19FN2O2/c1-2-5-14-11-15(19-22-14)16-8-4-9-20(16)17(21)12-6-3-7-13(18)10-12/h3,6-7,10-11,16H,2,4-5,8-9H2,1H3. The number of halogens is 1. The van der Waals surface area contributed by atoms with E-state index in [2.05, 4.69) is 12.1 Å². The Morgan fingerprint density at radius 2 is 2.32 bits per heavy atom. The van der Waals surface area contributed by atoms with Gasteiger partial charge in [-0.1, -0.05) is 18.1 Å². The molecular weight excluding hydrogens is 283 g/mol. The van der Waals surface area contributed by atoms with Crippen molar-refractivity contribution >= 4 is 5.91 Å². The van der Waals surface area contributed by atoms with E-state index in [-0.39, 0.29) is 11.9 Å². The van der Waals surface area contributed by atoms with Crippen LogP contribution in [0.15, 0.2) is 34.9 Å². The Morgan fingerprint density at radius 1 is 1.45 bits per heavy atom. The second kappa shape index (κ2) is 6.30. The van der Waals surface area contributed by atoms with Crippen LogP contribution in [0, 0.1) is 5.82 Å². The van der Waals surface area contributed by atoms with Gasteiger partial charge >= 0.3 is 0 Å². The molecule has 0 radical (unpaired) electrons. The van der Waals surface area contributed by atoms with E-state index in [0.29, 0.717) is 12.1 Å². The van der Waals surface area contributed by atoms with E-state index in [1.807, 2.05) is 6.07 Å². The summed E-state index contributed by atoms with van der Waals surface area (Å²) in [4.78, 5) is 14.4. The minimum absolute atomic E-state index is 0.0786. The van der Waals surface area contributed by atoms with Gasteiger partial charge in [0.05, 0.1) is 6.04 Å². The summed E-state index contributed by atoms with van der Waals surface area (Å²) in [5.74, 6) is 0.304. The van der Waals surface area contributed by atoms with Crippen LogP contribution >= 0.6 is 0 Å². The smallest absolute Gasteiger partial charge is 0.254 e.